The predicted molar refractivity (Wildman–Crippen MR) is 55.8 cm³/mol. The highest BCUT2D eigenvalue weighted by Crippen LogP contribution is 1.98. The van der Waals surface area contributed by atoms with Gasteiger partial charge >= 0.3 is 0 Å². The summed E-state index contributed by atoms with van der Waals surface area (Å²) in [4.78, 5) is 2.06. The normalized spacial score (nSPS) is 13.4. The molecule has 5 nitrogen and oxygen atoms in total. The zero-order valence-electron chi connectivity index (χ0n) is 8.72. The van der Waals surface area contributed by atoms with Crippen molar-refractivity contribution < 1.29 is 5.11 Å². The van der Waals surface area contributed by atoms with Crippen LogP contribution in [0.5, 0.6) is 0 Å². The summed E-state index contributed by atoms with van der Waals surface area (Å²) >= 11 is 0. The van der Waals surface area contributed by atoms with Crippen molar-refractivity contribution in [2.45, 2.75) is 19.6 Å². The first kappa shape index (κ1) is 11.0. The van der Waals surface area contributed by atoms with Crippen LogP contribution in [-0.4, -0.2) is 46.0 Å². The molecule has 1 aromatic rings. The summed E-state index contributed by atoms with van der Waals surface area (Å²) in [5.41, 5.74) is 6.21. The molecule has 1 rings (SSSR count). The monoisotopic (exact) mass is 198 g/mol. The lowest BCUT2D eigenvalue weighted by Gasteiger charge is -2.17. The number of aliphatic hydroxyl groups is 1. The molecule has 0 saturated heterocycles. The molecule has 0 amide bonds. The van der Waals surface area contributed by atoms with Gasteiger partial charge in [0.25, 0.3) is 0 Å². The Bertz CT molecular complexity index is 272. The minimum atomic E-state index is -0.289. The fourth-order valence-electron chi connectivity index (χ4n) is 1.32. The molecule has 1 atom stereocenters. The quantitative estimate of drug-likeness (QED) is 0.686. The number of aromatic nitrogens is 2. The lowest BCUT2D eigenvalue weighted by Crippen LogP contribution is -2.30. The van der Waals surface area contributed by atoms with E-state index in [1.807, 2.05) is 7.05 Å². The Morgan fingerprint density at radius 2 is 2.43 bits per heavy atom. The number of aliphatic hydroxyl groups excluding tert-OH is 1. The molecule has 80 valence electrons. The Morgan fingerprint density at radius 3 is 2.93 bits per heavy atom. The van der Waals surface area contributed by atoms with Crippen molar-refractivity contribution in [3.8, 4) is 0 Å². The molecule has 5 heteroatoms. The molecule has 0 saturated carbocycles. The van der Waals surface area contributed by atoms with Crippen molar-refractivity contribution in [1.82, 2.24) is 14.7 Å². The molecule has 3 N–H and O–H groups in total. The average molecular weight is 198 g/mol. The first-order valence-corrected chi connectivity index (χ1v) is 4.72. The summed E-state index contributed by atoms with van der Waals surface area (Å²) in [6, 6.07) is 0. The third-order valence-electron chi connectivity index (χ3n) is 1.94. The van der Waals surface area contributed by atoms with Gasteiger partial charge in [0.2, 0.25) is 0 Å². The first-order valence-electron chi connectivity index (χ1n) is 4.72. The van der Waals surface area contributed by atoms with E-state index < -0.39 is 0 Å². The average Bonchev–Trinajstić information content (AvgIpc) is 2.47. The Hall–Kier alpha value is -1.07. The molecule has 0 aliphatic rings. The third kappa shape index (κ3) is 3.76. The molecule has 1 unspecified atom stereocenters. The molecule has 14 heavy (non-hydrogen) atoms. The molecule has 1 aromatic heterocycles. The Balaban J connectivity index is 2.26. The molecule has 0 radical (unpaired) electrons. The van der Waals surface area contributed by atoms with E-state index in [0.29, 0.717) is 12.2 Å². The van der Waals surface area contributed by atoms with Gasteiger partial charge in [0, 0.05) is 19.3 Å². The van der Waals surface area contributed by atoms with E-state index in [9.17, 15) is 0 Å². The number of rotatable bonds is 5. The van der Waals surface area contributed by atoms with Gasteiger partial charge in [-0.2, -0.15) is 5.10 Å². The summed E-state index contributed by atoms with van der Waals surface area (Å²) in [7, 11) is 1.97. The number of anilines is 1. The highest BCUT2D eigenvalue weighted by atomic mass is 16.3. The maximum Gasteiger partial charge on any atom is 0.0719 e. The van der Waals surface area contributed by atoms with Gasteiger partial charge in [-0.1, -0.05) is 0 Å². The fraction of sp³-hybridized carbons (Fsp3) is 0.667. The van der Waals surface area contributed by atoms with E-state index in [-0.39, 0.29) is 6.10 Å². The molecule has 0 bridgehead atoms. The summed E-state index contributed by atoms with van der Waals surface area (Å²) in [5.74, 6) is 0. The lowest BCUT2D eigenvalue weighted by atomic mass is 10.4. The number of nitrogens with zero attached hydrogens (tertiary/aromatic N) is 3. The van der Waals surface area contributed by atoms with Crippen LogP contribution in [0.2, 0.25) is 0 Å². The minimum absolute atomic E-state index is 0.289. The van der Waals surface area contributed by atoms with Crippen LogP contribution in [0.4, 0.5) is 5.69 Å². The molecular weight excluding hydrogens is 180 g/mol. The summed E-state index contributed by atoms with van der Waals surface area (Å²) < 4.78 is 1.80. The largest absolute Gasteiger partial charge is 0.396 e. The van der Waals surface area contributed by atoms with Crippen LogP contribution in [0, 0.1) is 0 Å². The van der Waals surface area contributed by atoms with Crippen LogP contribution in [0.3, 0.4) is 0 Å². The predicted octanol–water partition coefficient (Wildman–Crippen LogP) is -0.222. The summed E-state index contributed by atoms with van der Waals surface area (Å²) in [6.45, 7) is 4.10. The van der Waals surface area contributed by atoms with Gasteiger partial charge in [-0.3, -0.25) is 4.68 Å². The molecule has 0 aliphatic heterocycles. The summed E-state index contributed by atoms with van der Waals surface area (Å²) in [5, 5.41) is 13.2. The highest BCUT2D eigenvalue weighted by Gasteiger charge is 2.03. The van der Waals surface area contributed by atoms with Crippen molar-refractivity contribution in [2.75, 3.05) is 25.9 Å². The second-order valence-corrected chi connectivity index (χ2v) is 3.65. The van der Waals surface area contributed by atoms with Crippen LogP contribution in [0.25, 0.3) is 0 Å². The molecule has 0 aromatic carbocycles. The molecule has 0 spiro atoms. The van der Waals surface area contributed by atoms with Gasteiger partial charge in [-0.15, -0.1) is 0 Å². The Morgan fingerprint density at radius 1 is 1.71 bits per heavy atom. The van der Waals surface area contributed by atoms with Crippen molar-refractivity contribution in [3.05, 3.63) is 12.4 Å². The van der Waals surface area contributed by atoms with Crippen LogP contribution in [0.1, 0.15) is 6.92 Å². The molecule has 1 heterocycles. The van der Waals surface area contributed by atoms with Gasteiger partial charge in [0.15, 0.2) is 0 Å². The van der Waals surface area contributed by atoms with E-state index in [1.165, 1.54) is 0 Å². The van der Waals surface area contributed by atoms with E-state index in [4.69, 9.17) is 10.8 Å². The number of likely N-dealkylation sites (N-methyl/N-ethyl adjacent to an activating group) is 1. The van der Waals surface area contributed by atoms with Gasteiger partial charge in [0.05, 0.1) is 24.5 Å². The topological polar surface area (TPSA) is 67.3 Å². The number of hydrogen-bond donors (Lipinski definition) is 2. The maximum absolute atomic E-state index is 9.14. The minimum Gasteiger partial charge on any atom is -0.396 e. The van der Waals surface area contributed by atoms with Crippen molar-refractivity contribution in [1.29, 1.82) is 0 Å². The number of nitrogens with two attached hydrogens (primary N) is 1. The van der Waals surface area contributed by atoms with Crippen LogP contribution in [0.15, 0.2) is 12.4 Å². The van der Waals surface area contributed by atoms with E-state index in [0.717, 1.165) is 13.1 Å². The zero-order chi connectivity index (χ0) is 10.6. The highest BCUT2D eigenvalue weighted by molar-refractivity contribution is 5.30. The number of nitrogen functional groups attached to an aromatic ring is 1. The fourth-order valence-corrected chi connectivity index (χ4v) is 1.32. The lowest BCUT2D eigenvalue weighted by molar-refractivity contribution is 0.139. The SMILES string of the molecule is CC(O)CN(C)CCn1cc(N)cn1. The van der Waals surface area contributed by atoms with E-state index >= 15 is 0 Å². The van der Waals surface area contributed by atoms with Crippen molar-refractivity contribution in [3.63, 3.8) is 0 Å². The van der Waals surface area contributed by atoms with Crippen LogP contribution < -0.4 is 5.73 Å². The van der Waals surface area contributed by atoms with Crippen LogP contribution in [-0.2, 0) is 6.54 Å². The van der Waals surface area contributed by atoms with Gasteiger partial charge in [-0.25, -0.2) is 0 Å². The molecule has 0 fully saturated rings. The standard InChI is InChI=1S/C9H18N4O/c1-8(14)6-12(2)3-4-13-7-9(10)5-11-13/h5,7-8,14H,3-4,6,10H2,1-2H3. The van der Waals surface area contributed by atoms with Crippen LogP contribution >= 0.6 is 0 Å². The van der Waals surface area contributed by atoms with E-state index in [1.54, 1.807) is 24.0 Å². The smallest absolute Gasteiger partial charge is 0.0719 e. The summed E-state index contributed by atoms with van der Waals surface area (Å²) in [6.07, 6.45) is 3.15. The van der Waals surface area contributed by atoms with Gasteiger partial charge in [-0.05, 0) is 14.0 Å². The Labute approximate surface area is 84.1 Å². The first-order chi connectivity index (χ1) is 6.58. The van der Waals surface area contributed by atoms with Crippen molar-refractivity contribution in [2.24, 2.45) is 0 Å². The molecular formula is C9H18N4O. The Kier molecular flexibility index (Phi) is 3.91. The second kappa shape index (κ2) is 4.97. The van der Waals surface area contributed by atoms with Crippen molar-refractivity contribution >= 4 is 5.69 Å². The van der Waals surface area contributed by atoms with Gasteiger partial charge in [0.1, 0.15) is 0 Å². The zero-order valence-corrected chi connectivity index (χ0v) is 8.72. The number of hydrogen-bond acceptors (Lipinski definition) is 4. The van der Waals surface area contributed by atoms with Gasteiger partial charge < -0.3 is 15.7 Å². The second-order valence-electron chi connectivity index (χ2n) is 3.65. The third-order valence-corrected chi connectivity index (χ3v) is 1.94. The van der Waals surface area contributed by atoms with E-state index in [2.05, 4.69) is 10.00 Å². The molecule has 0 aliphatic carbocycles. The maximum atomic E-state index is 9.14.